The van der Waals surface area contributed by atoms with Crippen molar-refractivity contribution in [3.8, 4) is 11.1 Å². The molecule has 6 nitrogen and oxygen atoms in total. The van der Waals surface area contributed by atoms with Gasteiger partial charge in [0, 0.05) is 42.9 Å². The number of carboxylic acid groups (broad SMARTS) is 1. The van der Waals surface area contributed by atoms with Gasteiger partial charge in [-0.15, -0.1) is 0 Å². The minimum absolute atomic E-state index is 0.0706. The zero-order valence-electron chi connectivity index (χ0n) is 17.7. The average Bonchev–Trinajstić information content (AvgIpc) is 3.00. The van der Waals surface area contributed by atoms with Crippen molar-refractivity contribution < 1.29 is 15.0 Å². The number of aliphatic hydroxyl groups is 1. The summed E-state index contributed by atoms with van der Waals surface area (Å²) in [6.45, 7) is 1.12. The van der Waals surface area contributed by atoms with Gasteiger partial charge >= 0.3 is 5.97 Å². The van der Waals surface area contributed by atoms with E-state index in [4.69, 9.17) is 0 Å². The number of rotatable bonds is 5. The molecule has 2 N–H and O–H groups in total. The Labute approximate surface area is 182 Å². The van der Waals surface area contributed by atoms with Crippen LogP contribution in [-0.4, -0.2) is 44.8 Å². The summed E-state index contributed by atoms with van der Waals surface area (Å²) in [5, 5.41) is 20.2. The lowest BCUT2D eigenvalue weighted by atomic mass is 9.87. The monoisotopic (exact) mass is 422 g/mol. The van der Waals surface area contributed by atoms with Crippen LogP contribution in [0.1, 0.15) is 43.8 Å². The van der Waals surface area contributed by atoms with Crippen LogP contribution in [-0.2, 0) is 11.3 Å². The van der Waals surface area contributed by atoms with E-state index in [-0.39, 0.29) is 30.2 Å². The molecule has 3 heterocycles. The Morgan fingerprint density at radius 2 is 1.77 bits per heavy atom. The Kier molecular flexibility index (Phi) is 5.44. The van der Waals surface area contributed by atoms with Gasteiger partial charge < -0.3 is 14.8 Å². The molecular formula is C25H30N2O4. The van der Waals surface area contributed by atoms with E-state index in [1.807, 2.05) is 42.5 Å². The molecule has 2 aromatic rings. The number of aliphatic hydroxyl groups excluding tert-OH is 1. The highest BCUT2D eigenvalue weighted by atomic mass is 16.4. The number of pyridine rings is 1. The normalized spacial score (nSPS) is 28.4. The number of aliphatic carboxylic acids is 1. The fraction of sp³-hybridized carbons (Fsp3) is 0.520. The van der Waals surface area contributed by atoms with Gasteiger partial charge in [0.2, 0.25) is 0 Å². The summed E-state index contributed by atoms with van der Waals surface area (Å²) in [6, 6.07) is 12.9. The Balaban J connectivity index is 1.58. The quantitative estimate of drug-likeness (QED) is 0.774. The fourth-order valence-electron chi connectivity index (χ4n) is 6.26. The van der Waals surface area contributed by atoms with Crippen molar-refractivity contribution >= 4 is 5.97 Å². The van der Waals surface area contributed by atoms with E-state index in [1.165, 1.54) is 32.1 Å². The van der Waals surface area contributed by atoms with E-state index >= 15 is 0 Å². The van der Waals surface area contributed by atoms with Gasteiger partial charge in [-0.25, -0.2) is 0 Å². The smallest absolute Gasteiger partial charge is 0.308 e. The predicted molar refractivity (Wildman–Crippen MR) is 118 cm³/mol. The van der Waals surface area contributed by atoms with Crippen LogP contribution in [0.15, 0.2) is 47.3 Å². The van der Waals surface area contributed by atoms with Gasteiger partial charge in [-0.1, -0.05) is 49.6 Å². The number of benzene rings is 1. The maximum absolute atomic E-state index is 13.4. The fourth-order valence-corrected chi connectivity index (χ4v) is 6.26. The van der Waals surface area contributed by atoms with Gasteiger partial charge in [0.1, 0.15) is 0 Å². The van der Waals surface area contributed by atoms with Gasteiger partial charge in [0.05, 0.1) is 12.0 Å². The van der Waals surface area contributed by atoms with Crippen LogP contribution in [0.4, 0.5) is 0 Å². The van der Waals surface area contributed by atoms with Crippen LogP contribution in [0.5, 0.6) is 0 Å². The van der Waals surface area contributed by atoms with Gasteiger partial charge in [0.15, 0.2) is 0 Å². The third kappa shape index (κ3) is 3.42. The first kappa shape index (κ1) is 20.5. The lowest BCUT2D eigenvalue weighted by Gasteiger charge is -2.40. The lowest BCUT2D eigenvalue weighted by Crippen LogP contribution is -2.48. The highest BCUT2D eigenvalue weighted by Gasteiger charge is 2.56. The van der Waals surface area contributed by atoms with Gasteiger partial charge in [-0.3, -0.25) is 14.5 Å². The number of carboxylic acids is 1. The molecule has 5 rings (SSSR count). The minimum atomic E-state index is -0.881. The molecule has 6 heteroatoms. The number of hydrogen-bond donors (Lipinski definition) is 2. The van der Waals surface area contributed by atoms with Crippen molar-refractivity contribution in [1.29, 1.82) is 0 Å². The molecule has 3 aliphatic rings. The highest BCUT2D eigenvalue weighted by Crippen LogP contribution is 2.49. The molecule has 1 saturated carbocycles. The summed E-state index contributed by atoms with van der Waals surface area (Å²) in [4.78, 5) is 28.1. The lowest BCUT2D eigenvalue weighted by molar-refractivity contribution is -0.144. The van der Waals surface area contributed by atoms with Gasteiger partial charge in [0.25, 0.3) is 5.56 Å². The number of hydrogen-bond acceptors (Lipinski definition) is 4. The average molecular weight is 423 g/mol. The van der Waals surface area contributed by atoms with Crippen LogP contribution in [0.25, 0.3) is 11.1 Å². The molecule has 0 amide bonds. The molecule has 1 saturated heterocycles. The van der Waals surface area contributed by atoms with Crippen molar-refractivity contribution in [2.75, 3.05) is 13.2 Å². The summed E-state index contributed by atoms with van der Waals surface area (Å²) < 4.78 is 1.78. The first-order chi connectivity index (χ1) is 15.1. The van der Waals surface area contributed by atoms with Crippen molar-refractivity contribution in [2.24, 2.45) is 17.8 Å². The summed E-state index contributed by atoms with van der Waals surface area (Å²) in [7, 11) is 0. The zero-order chi connectivity index (χ0) is 21.5. The largest absolute Gasteiger partial charge is 0.481 e. The molecule has 1 aliphatic carbocycles. The SMILES string of the molecule is O=C(O)[C@@H]1[C@@H](CO)[C@@H]2Cn3c(ccc(-c4ccccc4)c3=O)[C@H]1N2CC1CCCCC1. The van der Waals surface area contributed by atoms with Crippen LogP contribution in [0.3, 0.4) is 0 Å². The second kappa shape index (κ2) is 8.24. The van der Waals surface area contributed by atoms with Gasteiger partial charge in [-0.05, 0) is 36.5 Å². The van der Waals surface area contributed by atoms with Crippen molar-refractivity contribution in [2.45, 2.75) is 50.7 Å². The molecule has 2 bridgehead atoms. The van der Waals surface area contributed by atoms with Crippen LogP contribution in [0, 0.1) is 17.8 Å². The molecule has 2 fully saturated rings. The Bertz CT molecular complexity index is 1010. The van der Waals surface area contributed by atoms with Gasteiger partial charge in [-0.2, -0.15) is 0 Å². The Morgan fingerprint density at radius 3 is 2.45 bits per heavy atom. The summed E-state index contributed by atoms with van der Waals surface area (Å²) in [5.41, 5.74) is 2.21. The zero-order valence-corrected chi connectivity index (χ0v) is 17.7. The van der Waals surface area contributed by atoms with E-state index in [2.05, 4.69) is 4.90 Å². The summed E-state index contributed by atoms with van der Waals surface area (Å²) in [6.07, 6.45) is 6.10. The maximum atomic E-state index is 13.4. The third-order valence-electron chi connectivity index (χ3n) is 7.73. The molecule has 0 spiro atoms. The van der Waals surface area contributed by atoms with Crippen LogP contribution in [0.2, 0.25) is 0 Å². The Morgan fingerprint density at radius 1 is 1.03 bits per heavy atom. The number of aromatic nitrogens is 1. The minimum Gasteiger partial charge on any atom is -0.481 e. The molecule has 4 atom stereocenters. The summed E-state index contributed by atoms with van der Waals surface area (Å²) >= 11 is 0. The number of fused-ring (bicyclic) bond motifs is 4. The standard InChI is InChI=1S/C25H30N2O4/c28-15-19-21-14-27-20(12-11-18(24(27)29)17-9-5-2-6-10-17)23(22(19)25(30)31)26(21)13-16-7-3-1-4-8-16/h2,5-6,9-12,16,19,21-23,28H,1,3-4,7-8,13-15H2,(H,30,31)/t19-,21-,22+,23+/m0/s1. The van der Waals surface area contributed by atoms with Crippen molar-refractivity contribution in [3.63, 3.8) is 0 Å². The van der Waals surface area contributed by atoms with E-state index in [0.29, 0.717) is 18.0 Å². The molecule has 164 valence electrons. The highest BCUT2D eigenvalue weighted by molar-refractivity contribution is 5.73. The van der Waals surface area contributed by atoms with E-state index in [0.717, 1.165) is 17.8 Å². The predicted octanol–water partition coefficient (Wildman–Crippen LogP) is 3.14. The number of nitrogens with zero attached hydrogens (tertiary/aromatic N) is 2. The van der Waals surface area contributed by atoms with E-state index < -0.39 is 11.9 Å². The van der Waals surface area contributed by atoms with Crippen LogP contribution >= 0.6 is 0 Å². The molecule has 0 unspecified atom stereocenters. The molecule has 0 radical (unpaired) electrons. The van der Waals surface area contributed by atoms with Crippen LogP contribution < -0.4 is 5.56 Å². The third-order valence-corrected chi connectivity index (χ3v) is 7.73. The topological polar surface area (TPSA) is 82.8 Å². The van der Waals surface area contributed by atoms with Crippen molar-refractivity contribution in [1.82, 2.24) is 9.47 Å². The molecule has 1 aromatic carbocycles. The second-order valence-electron chi connectivity index (χ2n) is 9.38. The first-order valence-corrected chi connectivity index (χ1v) is 11.5. The Hall–Kier alpha value is -2.44. The molecular weight excluding hydrogens is 392 g/mol. The summed E-state index contributed by atoms with van der Waals surface area (Å²) in [5.74, 6) is -1.39. The van der Waals surface area contributed by atoms with E-state index in [9.17, 15) is 19.8 Å². The molecule has 31 heavy (non-hydrogen) atoms. The second-order valence-corrected chi connectivity index (χ2v) is 9.38. The number of carbonyl (C=O) groups is 1. The van der Waals surface area contributed by atoms with E-state index in [1.54, 1.807) is 4.57 Å². The molecule has 1 aromatic heterocycles. The maximum Gasteiger partial charge on any atom is 0.308 e. The first-order valence-electron chi connectivity index (χ1n) is 11.5. The molecule has 2 aliphatic heterocycles. The van der Waals surface area contributed by atoms with Crippen molar-refractivity contribution in [3.05, 3.63) is 58.5 Å².